The molecule has 0 aliphatic rings. The molecule has 0 aliphatic heterocycles. The molecule has 1 aromatic rings. The highest BCUT2D eigenvalue weighted by molar-refractivity contribution is 6.52. The quantitative estimate of drug-likeness (QED) is 0.508. The van der Waals surface area contributed by atoms with Crippen molar-refractivity contribution in [3.8, 4) is 0 Å². The second kappa shape index (κ2) is 2.91. The molecule has 0 N–H and O–H groups in total. The van der Waals surface area contributed by atoms with Crippen molar-refractivity contribution < 1.29 is 0 Å². The van der Waals surface area contributed by atoms with Gasteiger partial charge in [0.1, 0.15) is 7.28 Å². The largest absolute Gasteiger partial charge is 0.148 e. The van der Waals surface area contributed by atoms with Crippen LogP contribution in [0.15, 0.2) is 18.2 Å². The number of hydrogen-bond acceptors (Lipinski definition) is 0. The van der Waals surface area contributed by atoms with Crippen molar-refractivity contribution in [2.75, 3.05) is 0 Å². The van der Waals surface area contributed by atoms with E-state index in [1.807, 2.05) is 0 Å². The van der Waals surface area contributed by atoms with Gasteiger partial charge in [-0.2, -0.15) is 0 Å². The van der Waals surface area contributed by atoms with Gasteiger partial charge in [0, 0.05) is 0 Å². The average Bonchev–Trinajstić information content (AvgIpc) is 1.95. The van der Waals surface area contributed by atoms with Crippen molar-refractivity contribution in [1.82, 2.24) is 0 Å². The van der Waals surface area contributed by atoms with Gasteiger partial charge in [0.15, 0.2) is 0 Å². The molecule has 0 saturated heterocycles. The van der Waals surface area contributed by atoms with E-state index in [-0.39, 0.29) is 0 Å². The minimum atomic E-state index is 1.35. The molecule has 0 spiro atoms. The molecular formula is C9H12B. The van der Waals surface area contributed by atoms with Crippen LogP contribution in [0.4, 0.5) is 0 Å². The second-order valence-electron chi connectivity index (χ2n) is 2.58. The van der Waals surface area contributed by atoms with E-state index in [1.165, 1.54) is 16.6 Å². The van der Waals surface area contributed by atoms with Gasteiger partial charge < -0.3 is 0 Å². The Morgan fingerprint density at radius 3 is 2.40 bits per heavy atom. The van der Waals surface area contributed by atoms with Crippen molar-refractivity contribution in [3.63, 3.8) is 0 Å². The Kier molecular flexibility index (Phi) is 2.15. The van der Waals surface area contributed by atoms with Crippen LogP contribution in [0.3, 0.4) is 0 Å². The topological polar surface area (TPSA) is 0 Å². The number of benzene rings is 1. The van der Waals surface area contributed by atoms with Crippen molar-refractivity contribution in [1.29, 1.82) is 0 Å². The van der Waals surface area contributed by atoms with E-state index in [1.54, 1.807) is 0 Å². The molecular weight excluding hydrogens is 119 g/mol. The van der Waals surface area contributed by atoms with Gasteiger partial charge in [-0.1, -0.05) is 36.0 Å². The maximum Gasteiger partial charge on any atom is 0.148 e. The van der Waals surface area contributed by atoms with E-state index < -0.39 is 0 Å². The first kappa shape index (κ1) is 7.39. The SMILES string of the molecule is C[B]c1cccc(C)c1C. The van der Waals surface area contributed by atoms with Gasteiger partial charge in [-0.25, -0.2) is 0 Å². The standard InChI is InChI=1S/C9H12B/c1-7-5-4-6-9(10-3)8(7)2/h4-6H,1-3H3. The van der Waals surface area contributed by atoms with Crippen LogP contribution in [0, 0.1) is 13.8 Å². The van der Waals surface area contributed by atoms with Crippen molar-refractivity contribution in [2.45, 2.75) is 20.7 Å². The molecule has 0 heterocycles. The molecule has 1 radical (unpaired) electrons. The first-order valence-corrected chi connectivity index (χ1v) is 3.61. The van der Waals surface area contributed by atoms with Gasteiger partial charge in [0.25, 0.3) is 0 Å². The summed E-state index contributed by atoms with van der Waals surface area (Å²) in [7, 11) is 2.14. The highest BCUT2D eigenvalue weighted by Gasteiger charge is 1.96. The Balaban J connectivity index is 3.14. The molecule has 0 fully saturated rings. The Labute approximate surface area is 63.5 Å². The summed E-state index contributed by atoms with van der Waals surface area (Å²) in [6, 6.07) is 6.38. The smallest absolute Gasteiger partial charge is 0.0872 e. The summed E-state index contributed by atoms with van der Waals surface area (Å²) >= 11 is 0. The molecule has 0 saturated carbocycles. The Hall–Kier alpha value is -0.715. The Morgan fingerprint density at radius 2 is 1.90 bits per heavy atom. The van der Waals surface area contributed by atoms with Gasteiger partial charge in [-0.15, -0.1) is 0 Å². The second-order valence-corrected chi connectivity index (χ2v) is 2.58. The summed E-state index contributed by atoms with van der Waals surface area (Å²) < 4.78 is 0. The lowest BCUT2D eigenvalue weighted by Gasteiger charge is -2.03. The predicted octanol–water partition coefficient (Wildman–Crippen LogP) is 1.68. The molecule has 10 heavy (non-hydrogen) atoms. The Morgan fingerprint density at radius 1 is 1.20 bits per heavy atom. The van der Waals surface area contributed by atoms with E-state index in [4.69, 9.17) is 0 Å². The van der Waals surface area contributed by atoms with Gasteiger partial charge in [-0.05, 0) is 19.4 Å². The third-order valence-corrected chi connectivity index (χ3v) is 1.96. The molecule has 0 atom stereocenters. The van der Waals surface area contributed by atoms with Gasteiger partial charge in [0.05, 0.1) is 0 Å². The summed E-state index contributed by atoms with van der Waals surface area (Å²) in [4.78, 5) is 0. The van der Waals surface area contributed by atoms with Crippen LogP contribution in [0.5, 0.6) is 0 Å². The number of rotatable bonds is 1. The van der Waals surface area contributed by atoms with Gasteiger partial charge in [0.2, 0.25) is 0 Å². The third-order valence-electron chi connectivity index (χ3n) is 1.96. The fourth-order valence-electron chi connectivity index (χ4n) is 1.09. The van der Waals surface area contributed by atoms with Crippen molar-refractivity contribution in [2.24, 2.45) is 0 Å². The lowest BCUT2D eigenvalue weighted by Crippen LogP contribution is -2.14. The highest BCUT2D eigenvalue weighted by Crippen LogP contribution is 2.01. The summed E-state index contributed by atoms with van der Waals surface area (Å²) in [6.45, 7) is 6.37. The molecule has 0 bridgehead atoms. The van der Waals surface area contributed by atoms with E-state index in [9.17, 15) is 0 Å². The first-order chi connectivity index (χ1) is 4.75. The van der Waals surface area contributed by atoms with Crippen LogP contribution < -0.4 is 5.46 Å². The molecule has 1 rings (SSSR count). The Bertz CT molecular complexity index is 228. The summed E-state index contributed by atoms with van der Waals surface area (Å²) in [6.07, 6.45) is 0. The molecule has 1 heteroatoms. The van der Waals surface area contributed by atoms with E-state index in [2.05, 4.69) is 46.1 Å². The van der Waals surface area contributed by atoms with Gasteiger partial charge >= 0.3 is 0 Å². The fourth-order valence-corrected chi connectivity index (χ4v) is 1.09. The minimum Gasteiger partial charge on any atom is -0.0872 e. The zero-order valence-electron chi connectivity index (χ0n) is 6.81. The van der Waals surface area contributed by atoms with Crippen molar-refractivity contribution >= 4 is 12.7 Å². The van der Waals surface area contributed by atoms with Crippen LogP contribution >= 0.6 is 0 Å². The fraction of sp³-hybridized carbons (Fsp3) is 0.333. The molecule has 0 aromatic heterocycles. The van der Waals surface area contributed by atoms with E-state index in [0.29, 0.717) is 0 Å². The molecule has 51 valence electrons. The van der Waals surface area contributed by atoms with Crippen LogP contribution in [0.2, 0.25) is 6.82 Å². The molecule has 0 amide bonds. The number of aryl methyl sites for hydroxylation is 1. The lowest BCUT2D eigenvalue weighted by atomic mass is 9.70. The third kappa shape index (κ3) is 1.23. The normalized spacial score (nSPS) is 9.50. The molecule has 0 aliphatic carbocycles. The van der Waals surface area contributed by atoms with E-state index in [0.717, 1.165) is 0 Å². The first-order valence-electron chi connectivity index (χ1n) is 3.61. The summed E-state index contributed by atoms with van der Waals surface area (Å²) in [5, 5.41) is 0. The highest BCUT2D eigenvalue weighted by atomic mass is 13.9. The molecule has 0 nitrogen and oxygen atoms in total. The summed E-state index contributed by atoms with van der Waals surface area (Å²) in [5.74, 6) is 0. The zero-order valence-corrected chi connectivity index (χ0v) is 6.81. The van der Waals surface area contributed by atoms with Crippen LogP contribution in [-0.4, -0.2) is 7.28 Å². The van der Waals surface area contributed by atoms with Gasteiger partial charge in [-0.3, -0.25) is 0 Å². The zero-order chi connectivity index (χ0) is 7.56. The molecule has 1 aromatic carbocycles. The van der Waals surface area contributed by atoms with E-state index >= 15 is 0 Å². The maximum absolute atomic E-state index is 2.16. The monoisotopic (exact) mass is 131 g/mol. The summed E-state index contributed by atoms with van der Waals surface area (Å²) in [5.41, 5.74) is 4.11. The minimum absolute atomic E-state index is 1.35. The maximum atomic E-state index is 2.16. The number of hydrogen-bond donors (Lipinski definition) is 0. The van der Waals surface area contributed by atoms with Crippen LogP contribution in [0.25, 0.3) is 0 Å². The predicted molar refractivity (Wildman–Crippen MR) is 47.2 cm³/mol. The van der Waals surface area contributed by atoms with Crippen molar-refractivity contribution in [3.05, 3.63) is 29.3 Å². The van der Waals surface area contributed by atoms with Crippen LogP contribution in [0.1, 0.15) is 11.1 Å². The lowest BCUT2D eigenvalue weighted by molar-refractivity contribution is 1.37. The van der Waals surface area contributed by atoms with Crippen LogP contribution in [-0.2, 0) is 0 Å². The molecule has 0 unspecified atom stereocenters. The average molecular weight is 131 g/mol.